The molecule has 0 saturated carbocycles. The van der Waals surface area contributed by atoms with Crippen LogP contribution >= 0.6 is 0 Å². The van der Waals surface area contributed by atoms with Crippen molar-refractivity contribution in [1.82, 2.24) is 9.88 Å². The molecule has 3 aromatic rings. The fourth-order valence-electron chi connectivity index (χ4n) is 4.22. The number of carbonyl (C=O) groups is 1. The zero-order chi connectivity index (χ0) is 21.1. The number of benzene rings is 2. The van der Waals surface area contributed by atoms with Gasteiger partial charge in [-0.2, -0.15) is 0 Å². The van der Waals surface area contributed by atoms with Crippen LogP contribution in [0.2, 0.25) is 0 Å². The summed E-state index contributed by atoms with van der Waals surface area (Å²) in [6.45, 7) is 0.616. The highest BCUT2D eigenvalue weighted by Crippen LogP contribution is 2.39. The first-order valence-electron chi connectivity index (χ1n) is 10.3. The minimum absolute atomic E-state index is 0.0850. The monoisotopic (exact) mass is 401 g/mol. The average Bonchev–Trinajstić information content (AvgIpc) is 3.29. The Labute approximate surface area is 177 Å². The first kappa shape index (κ1) is 20.1. The lowest BCUT2D eigenvalue weighted by atomic mass is 9.84. The Morgan fingerprint density at radius 3 is 2.20 bits per heavy atom. The van der Waals surface area contributed by atoms with Crippen LogP contribution in [0.15, 0.2) is 79.0 Å². The van der Waals surface area contributed by atoms with E-state index in [0.29, 0.717) is 17.7 Å². The van der Waals surface area contributed by atoms with Gasteiger partial charge in [0.15, 0.2) is 5.60 Å². The fraction of sp³-hybridized carbons (Fsp3) is 0.280. The third kappa shape index (κ3) is 3.57. The van der Waals surface area contributed by atoms with Crippen molar-refractivity contribution in [3.05, 3.63) is 95.7 Å². The summed E-state index contributed by atoms with van der Waals surface area (Å²) in [6.07, 6.45) is 3.55. The van der Waals surface area contributed by atoms with Gasteiger partial charge >= 0.3 is 0 Å². The second-order valence-corrected chi connectivity index (χ2v) is 7.94. The van der Waals surface area contributed by atoms with E-state index >= 15 is 0 Å². The van der Waals surface area contributed by atoms with Crippen molar-refractivity contribution < 1.29 is 9.90 Å². The molecule has 5 heteroatoms. The van der Waals surface area contributed by atoms with Gasteiger partial charge in [-0.3, -0.25) is 4.79 Å². The van der Waals surface area contributed by atoms with E-state index in [2.05, 4.69) is 4.98 Å². The van der Waals surface area contributed by atoms with Crippen molar-refractivity contribution >= 4 is 11.7 Å². The number of carbonyl (C=O) groups excluding carboxylic acids is 1. The van der Waals surface area contributed by atoms with Crippen molar-refractivity contribution in [3.63, 3.8) is 0 Å². The summed E-state index contributed by atoms with van der Waals surface area (Å²) < 4.78 is 0. The number of amides is 1. The summed E-state index contributed by atoms with van der Waals surface area (Å²) >= 11 is 0. The molecule has 0 radical (unpaired) electrons. The van der Waals surface area contributed by atoms with Crippen LogP contribution in [0.25, 0.3) is 0 Å². The highest BCUT2D eigenvalue weighted by molar-refractivity contribution is 5.90. The largest absolute Gasteiger partial charge is 0.372 e. The van der Waals surface area contributed by atoms with Crippen LogP contribution in [0.4, 0.5) is 5.82 Å². The standard InChI is InChI=1S/C25H27N3O2/c1-27(2)23-18-19(15-16-26-23)22-14-9-17-28(22)24(29)25(30,20-10-5-3-6-11-20)21-12-7-4-8-13-21/h3-8,10-13,15-16,18,22,30H,9,14,17H2,1-2H3. The molecule has 2 heterocycles. The van der Waals surface area contributed by atoms with Crippen molar-refractivity contribution in [3.8, 4) is 0 Å². The van der Waals surface area contributed by atoms with Crippen molar-refractivity contribution in [2.45, 2.75) is 24.5 Å². The van der Waals surface area contributed by atoms with Gasteiger partial charge in [0, 0.05) is 26.8 Å². The molecule has 1 fully saturated rings. The fourth-order valence-corrected chi connectivity index (χ4v) is 4.22. The maximum atomic E-state index is 13.9. The molecule has 4 rings (SSSR count). The molecular weight excluding hydrogens is 374 g/mol. The number of hydrogen-bond donors (Lipinski definition) is 1. The van der Waals surface area contributed by atoms with Crippen LogP contribution in [0.5, 0.6) is 0 Å². The van der Waals surface area contributed by atoms with E-state index < -0.39 is 5.60 Å². The number of aliphatic hydroxyl groups is 1. The smallest absolute Gasteiger partial charge is 0.264 e. The number of anilines is 1. The predicted octanol–water partition coefficient (Wildman–Crippen LogP) is 3.75. The van der Waals surface area contributed by atoms with Gasteiger partial charge in [-0.05, 0) is 41.7 Å². The Bertz CT molecular complexity index is 966. The molecule has 1 N–H and O–H groups in total. The van der Waals surface area contributed by atoms with E-state index in [1.807, 2.05) is 96.7 Å². The second-order valence-electron chi connectivity index (χ2n) is 7.94. The molecule has 1 unspecified atom stereocenters. The summed E-state index contributed by atoms with van der Waals surface area (Å²) in [5.74, 6) is 0.568. The molecule has 0 spiro atoms. The molecule has 0 bridgehead atoms. The van der Waals surface area contributed by atoms with Crippen molar-refractivity contribution in [2.75, 3.05) is 25.5 Å². The minimum atomic E-state index is -1.73. The van der Waals surface area contributed by atoms with Gasteiger partial charge in [-0.1, -0.05) is 60.7 Å². The summed E-state index contributed by atoms with van der Waals surface area (Å²) in [7, 11) is 3.90. The zero-order valence-electron chi connectivity index (χ0n) is 17.4. The number of aromatic nitrogens is 1. The van der Waals surface area contributed by atoms with Crippen LogP contribution in [-0.4, -0.2) is 41.5 Å². The summed E-state index contributed by atoms with van der Waals surface area (Å²) in [5.41, 5.74) is 0.469. The van der Waals surface area contributed by atoms with Crippen molar-refractivity contribution in [2.24, 2.45) is 0 Å². The Morgan fingerprint density at radius 2 is 1.63 bits per heavy atom. The predicted molar refractivity (Wildman–Crippen MR) is 118 cm³/mol. The summed E-state index contributed by atoms with van der Waals surface area (Å²) in [5, 5.41) is 11.9. The Balaban J connectivity index is 1.75. The Hall–Kier alpha value is -3.18. The van der Waals surface area contributed by atoms with Crippen LogP contribution < -0.4 is 4.90 Å². The molecule has 1 aromatic heterocycles. The maximum Gasteiger partial charge on any atom is 0.264 e. The number of hydrogen-bond acceptors (Lipinski definition) is 4. The van der Waals surface area contributed by atoms with Gasteiger partial charge in [0.2, 0.25) is 0 Å². The maximum absolute atomic E-state index is 13.9. The quantitative estimate of drug-likeness (QED) is 0.708. The van der Waals surface area contributed by atoms with Crippen LogP contribution in [0.1, 0.15) is 35.6 Å². The molecular formula is C25H27N3O2. The number of nitrogens with zero attached hydrogens (tertiary/aromatic N) is 3. The minimum Gasteiger partial charge on any atom is -0.372 e. The molecule has 1 aliphatic rings. The highest BCUT2D eigenvalue weighted by atomic mass is 16.3. The zero-order valence-corrected chi connectivity index (χ0v) is 17.4. The normalized spacial score (nSPS) is 16.5. The third-order valence-corrected chi connectivity index (χ3v) is 5.82. The second kappa shape index (κ2) is 8.28. The van der Waals surface area contributed by atoms with Gasteiger partial charge in [-0.25, -0.2) is 4.98 Å². The molecule has 154 valence electrons. The Kier molecular flexibility index (Phi) is 5.55. The molecule has 0 aliphatic carbocycles. The number of rotatable bonds is 5. The molecule has 1 aliphatic heterocycles. The lowest BCUT2D eigenvalue weighted by Gasteiger charge is -2.35. The third-order valence-electron chi connectivity index (χ3n) is 5.82. The highest BCUT2D eigenvalue weighted by Gasteiger charge is 2.45. The van der Waals surface area contributed by atoms with Crippen LogP contribution in [0.3, 0.4) is 0 Å². The summed E-state index contributed by atoms with van der Waals surface area (Å²) in [6, 6.07) is 22.3. The van der Waals surface area contributed by atoms with Crippen LogP contribution in [-0.2, 0) is 10.4 Å². The van der Waals surface area contributed by atoms with Gasteiger partial charge in [-0.15, -0.1) is 0 Å². The van der Waals surface area contributed by atoms with E-state index in [-0.39, 0.29) is 11.9 Å². The van der Waals surface area contributed by atoms with Crippen molar-refractivity contribution in [1.29, 1.82) is 0 Å². The molecule has 1 amide bonds. The summed E-state index contributed by atoms with van der Waals surface area (Å²) in [4.78, 5) is 22.1. The van der Waals surface area contributed by atoms with Gasteiger partial charge < -0.3 is 14.9 Å². The van der Waals surface area contributed by atoms with E-state index in [4.69, 9.17) is 0 Å². The first-order valence-corrected chi connectivity index (χ1v) is 10.3. The Morgan fingerprint density at radius 1 is 1.03 bits per heavy atom. The van der Waals surface area contributed by atoms with Gasteiger partial charge in [0.1, 0.15) is 5.82 Å². The first-order chi connectivity index (χ1) is 14.5. The van der Waals surface area contributed by atoms with E-state index in [1.165, 1.54) is 0 Å². The van der Waals surface area contributed by atoms with E-state index in [1.54, 1.807) is 6.20 Å². The lowest BCUT2D eigenvalue weighted by Crippen LogP contribution is -2.47. The average molecular weight is 402 g/mol. The molecule has 30 heavy (non-hydrogen) atoms. The molecule has 2 aromatic carbocycles. The van der Waals surface area contributed by atoms with Crippen LogP contribution in [0, 0.1) is 0 Å². The van der Waals surface area contributed by atoms with E-state index in [0.717, 1.165) is 24.2 Å². The number of likely N-dealkylation sites (tertiary alicyclic amines) is 1. The number of pyridine rings is 1. The lowest BCUT2D eigenvalue weighted by molar-refractivity contribution is -0.149. The molecule has 1 saturated heterocycles. The molecule has 5 nitrogen and oxygen atoms in total. The van der Waals surface area contributed by atoms with E-state index in [9.17, 15) is 9.90 Å². The SMILES string of the molecule is CN(C)c1cc(C2CCCN2C(=O)C(O)(c2ccccc2)c2ccccc2)ccn1. The van der Waals surface area contributed by atoms with Gasteiger partial charge in [0.05, 0.1) is 6.04 Å². The topological polar surface area (TPSA) is 56.7 Å². The molecule has 1 atom stereocenters. The van der Waals surface area contributed by atoms with Gasteiger partial charge in [0.25, 0.3) is 5.91 Å².